The van der Waals surface area contributed by atoms with E-state index in [1.54, 1.807) is 6.92 Å². The van der Waals surface area contributed by atoms with Gasteiger partial charge in [-0.05, 0) is 48.9 Å². The van der Waals surface area contributed by atoms with Crippen molar-refractivity contribution in [1.82, 2.24) is 0 Å². The normalized spacial score (nSPS) is 11.9. The highest BCUT2D eigenvalue weighted by molar-refractivity contribution is 14.1. The maximum Gasteiger partial charge on any atom is 0.163 e. The smallest absolute Gasteiger partial charge is 0.163 e. The van der Waals surface area contributed by atoms with Gasteiger partial charge >= 0.3 is 0 Å². The van der Waals surface area contributed by atoms with Crippen molar-refractivity contribution in [3.8, 4) is 0 Å². The largest absolute Gasteiger partial charge is 0.460 e. The van der Waals surface area contributed by atoms with Crippen molar-refractivity contribution in [2.24, 2.45) is 0 Å². The molecule has 0 aliphatic carbocycles. The second-order valence-electron chi connectivity index (χ2n) is 3.48. The molecule has 0 aliphatic rings. The maximum atomic E-state index is 11.2. The molecule has 0 saturated carbocycles. The number of Topliss-reactive ketones (excluding diaryl/α,β-unsaturated/α-hetero) is 1. The minimum atomic E-state index is 0.0576. The van der Waals surface area contributed by atoms with E-state index < -0.39 is 0 Å². The van der Waals surface area contributed by atoms with E-state index in [2.05, 4.69) is 35.6 Å². The fourth-order valence-corrected chi connectivity index (χ4v) is 1.90. The molecular formula is C12H15IO2. The van der Waals surface area contributed by atoms with Crippen LogP contribution in [-0.2, 0) is 0 Å². The molecule has 0 amide bonds. The number of furan rings is 1. The molecular weight excluding hydrogens is 303 g/mol. The van der Waals surface area contributed by atoms with E-state index in [0.29, 0.717) is 11.3 Å². The molecule has 0 radical (unpaired) electrons. The van der Waals surface area contributed by atoms with Gasteiger partial charge in [-0.15, -0.1) is 0 Å². The minimum absolute atomic E-state index is 0.0576. The Bertz CT molecular complexity index is 388. The first kappa shape index (κ1) is 12.5. The van der Waals surface area contributed by atoms with E-state index in [1.165, 1.54) is 0 Å². The van der Waals surface area contributed by atoms with Crippen LogP contribution in [0.5, 0.6) is 0 Å². The molecule has 15 heavy (non-hydrogen) atoms. The van der Waals surface area contributed by atoms with Gasteiger partial charge in [0.2, 0.25) is 0 Å². The topological polar surface area (TPSA) is 30.2 Å². The molecule has 1 heterocycles. The van der Waals surface area contributed by atoms with Crippen LogP contribution in [0.3, 0.4) is 0 Å². The molecule has 0 aromatic carbocycles. The van der Waals surface area contributed by atoms with Crippen molar-refractivity contribution < 1.29 is 9.21 Å². The zero-order valence-corrected chi connectivity index (χ0v) is 11.4. The molecule has 0 fully saturated rings. The number of rotatable bonds is 4. The lowest BCUT2D eigenvalue weighted by Gasteiger charge is -1.92. The number of allylic oxidation sites excluding steroid dienone is 1. The van der Waals surface area contributed by atoms with Gasteiger partial charge in [0.15, 0.2) is 5.78 Å². The summed E-state index contributed by atoms with van der Waals surface area (Å²) in [5.74, 6) is 1.56. The van der Waals surface area contributed by atoms with Gasteiger partial charge in [-0.25, -0.2) is 0 Å². The molecule has 0 saturated heterocycles. The first-order valence-corrected chi connectivity index (χ1v) is 6.11. The average Bonchev–Trinajstić information content (AvgIpc) is 2.56. The monoisotopic (exact) mass is 318 g/mol. The lowest BCUT2D eigenvalue weighted by atomic mass is 10.2. The maximum absolute atomic E-state index is 11.2. The van der Waals surface area contributed by atoms with Crippen molar-refractivity contribution in [2.75, 3.05) is 0 Å². The van der Waals surface area contributed by atoms with E-state index in [-0.39, 0.29) is 5.78 Å². The summed E-state index contributed by atoms with van der Waals surface area (Å²) >= 11 is 2.24. The van der Waals surface area contributed by atoms with Crippen molar-refractivity contribution >= 4 is 32.0 Å². The number of carbonyl (C=O) groups excluding carboxylic acids is 1. The third kappa shape index (κ3) is 3.19. The Morgan fingerprint density at radius 1 is 1.60 bits per heavy atom. The number of aryl methyl sites for hydroxylation is 1. The van der Waals surface area contributed by atoms with E-state index in [1.807, 2.05) is 13.0 Å². The van der Waals surface area contributed by atoms with Gasteiger partial charge in [-0.3, -0.25) is 4.79 Å². The molecule has 1 aromatic rings. The Kier molecular flexibility index (Phi) is 4.57. The first-order chi connectivity index (χ1) is 7.06. The molecule has 0 N–H and O–H groups in total. The number of ketones is 1. The minimum Gasteiger partial charge on any atom is -0.460 e. The number of hydrogen-bond donors (Lipinski definition) is 0. The van der Waals surface area contributed by atoms with Gasteiger partial charge < -0.3 is 4.42 Å². The highest BCUT2D eigenvalue weighted by atomic mass is 127. The van der Waals surface area contributed by atoms with Gasteiger partial charge in [0.1, 0.15) is 11.5 Å². The van der Waals surface area contributed by atoms with Gasteiger partial charge in [0.05, 0.1) is 9.14 Å². The summed E-state index contributed by atoms with van der Waals surface area (Å²) < 4.78 is 6.61. The Labute approximate surface area is 104 Å². The van der Waals surface area contributed by atoms with E-state index in [0.717, 1.165) is 22.2 Å². The van der Waals surface area contributed by atoms with Crippen LogP contribution in [0.4, 0.5) is 0 Å². The van der Waals surface area contributed by atoms with Crippen molar-refractivity contribution in [3.63, 3.8) is 0 Å². The lowest BCUT2D eigenvalue weighted by Crippen LogP contribution is -1.90. The van der Waals surface area contributed by atoms with E-state index in [4.69, 9.17) is 4.42 Å². The van der Waals surface area contributed by atoms with Gasteiger partial charge in [-0.1, -0.05) is 19.4 Å². The molecule has 1 rings (SSSR count). The molecule has 1 aromatic heterocycles. The highest BCUT2D eigenvalue weighted by Crippen LogP contribution is 2.27. The van der Waals surface area contributed by atoms with Crippen LogP contribution < -0.4 is 0 Å². The molecule has 82 valence electrons. The molecule has 0 unspecified atom stereocenters. The van der Waals surface area contributed by atoms with Gasteiger partial charge in [0, 0.05) is 0 Å². The zero-order chi connectivity index (χ0) is 11.4. The fraction of sp³-hybridized carbons (Fsp3) is 0.417. The summed E-state index contributed by atoms with van der Waals surface area (Å²) in [5.41, 5.74) is 0.684. The van der Waals surface area contributed by atoms with Crippen LogP contribution in [-0.4, -0.2) is 5.78 Å². The predicted octanol–water partition coefficient (Wildman–Crippen LogP) is 4.37. The summed E-state index contributed by atoms with van der Waals surface area (Å²) in [6.07, 6.45) is 4.28. The fourth-order valence-electron chi connectivity index (χ4n) is 1.32. The molecule has 0 atom stereocenters. The van der Waals surface area contributed by atoms with Crippen molar-refractivity contribution in [2.45, 2.75) is 33.6 Å². The average molecular weight is 318 g/mol. The summed E-state index contributed by atoms with van der Waals surface area (Å²) in [4.78, 5) is 11.2. The summed E-state index contributed by atoms with van der Waals surface area (Å²) in [6, 6.07) is 1.82. The highest BCUT2D eigenvalue weighted by Gasteiger charge is 2.12. The SMILES string of the molecule is CCC/C=C(\I)c1cc(C(C)=O)c(C)o1. The van der Waals surface area contributed by atoms with Crippen LogP contribution in [0.15, 0.2) is 16.6 Å². The lowest BCUT2D eigenvalue weighted by molar-refractivity contribution is 0.101. The van der Waals surface area contributed by atoms with Crippen LogP contribution in [0.2, 0.25) is 0 Å². The quantitative estimate of drug-likeness (QED) is 0.610. The van der Waals surface area contributed by atoms with Crippen LogP contribution in [0.1, 0.15) is 48.6 Å². The Hall–Kier alpha value is -0.580. The second kappa shape index (κ2) is 5.49. The Morgan fingerprint density at radius 3 is 2.73 bits per heavy atom. The Morgan fingerprint density at radius 2 is 2.27 bits per heavy atom. The third-order valence-corrected chi connectivity index (χ3v) is 3.12. The predicted molar refractivity (Wildman–Crippen MR) is 70.4 cm³/mol. The third-order valence-electron chi connectivity index (χ3n) is 2.14. The Balaban J connectivity index is 2.97. The van der Waals surface area contributed by atoms with Crippen LogP contribution >= 0.6 is 22.6 Å². The number of carbonyl (C=O) groups is 1. The molecule has 0 bridgehead atoms. The number of halogens is 1. The summed E-state index contributed by atoms with van der Waals surface area (Å²) in [7, 11) is 0. The van der Waals surface area contributed by atoms with Gasteiger partial charge in [-0.2, -0.15) is 0 Å². The molecule has 2 nitrogen and oxygen atoms in total. The van der Waals surface area contributed by atoms with Gasteiger partial charge in [0.25, 0.3) is 0 Å². The zero-order valence-electron chi connectivity index (χ0n) is 9.26. The summed E-state index contributed by atoms with van der Waals surface area (Å²) in [6.45, 7) is 5.52. The summed E-state index contributed by atoms with van der Waals surface area (Å²) in [5, 5.41) is 0. The molecule has 0 spiro atoms. The second-order valence-corrected chi connectivity index (χ2v) is 4.64. The van der Waals surface area contributed by atoms with Crippen molar-refractivity contribution in [3.05, 3.63) is 29.2 Å². The van der Waals surface area contributed by atoms with Crippen LogP contribution in [0.25, 0.3) is 3.58 Å². The molecule has 0 aliphatic heterocycles. The van der Waals surface area contributed by atoms with Crippen LogP contribution in [0, 0.1) is 6.92 Å². The number of unbranched alkanes of at least 4 members (excludes halogenated alkanes) is 1. The number of hydrogen-bond acceptors (Lipinski definition) is 2. The van der Waals surface area contributed by atoms with Crippen molar-refractivity contribution in [1.29, 1.82) is 0 Å². The molecule has 3 heteroatoms. The standard InChI is InChI=1S/C12H15IO2/c1-4-5-6-11(13)12-7-10(8(2)14)9(3)15-12/h6-7H,4-5H2,1-3H3/b11-6-. The first-order valence-electron chi connectivity index (χ1n) is 5.03. The van der Waals surface area contributed by atoms with E-state index >= 15 is 0 Å². The van der Waals surface area contributed by atoms with E-state index in [9.17, 15) is 4.79 Å².